The van der Waals surface area contributed by atoms with E-state index in [1.165, 1.54) is 0 Å². The Balaban J connectivity index is 1.55. The molecule has 172 valence electrons. The number of aromatic nitrogens is 1. The Labute approximate surface area is 203 Å². The molecular weight excluding hydrogens is 456 g/mol. The monoisotopic (exact) mass is 482 g/mol. The molecule has 3 aromatic rings. The van der Waals surface area contributed by atoms with Crippen molar-refractivity contribution in [3.05, 3.63) is 64.3 Å². The lowest BCUT2D eigenvalue weighted by Crippen LogP contribution is -2.26. The predicted molar refractivity (Wildman–Crippen MR) is 135 cm³/mol. The highest BCUT2D eigenvalue weighted by Gasteiger charge is 2.24. The van der Waals surface area contributed by atoms with Crippen molar-refractivity contribution in [1.29, 1.82) is 0 Å². The second kappa shape index (κ2) is 10.6. The fourth-order valence-corrected chi connectivity index (χ4v) is 4.30. The van der Waals surface area contributed by atoms with Crippen molar-refractivity contribution < 1.29 is 14.3 Å². The van der Waals surface area contributed by atoms with Crippen LogP contribution in [0.25, 0.3) is 10.9 Å². The van der Waals surface area contributed by atoms with Crippen LogP contribution in [0.3, 0.4) is 0 Å². The van der Waals surface area contributed by atoms with Crippen molar-refractivity contribution in [3.8, 4) is 11.5 Å². The molecule has 0 aliphatic heterocycles. The number of aryl methyl sites for hydroxylation is 1. The van der Waals surface area contributed by atoms with E-state index in [1.54, 1.807) is 30.1 Å². The molecule has 0 saturated heterocycles. The Morgan fingerprint density at radius 2 is 2.03 bits per heavy atom. The Hall–Kier alpha value is -2.57. The Kier molecular flexibility index (Phi) is 7.56. The number of halogens is 1. The van der Waals surface area contributed by atoms with Gasteiger partial charge in [0.2, 0.25) is 0 Å². The molecule has 0 bridgehead atoms. The van der Waals surface area contributed by atoms with Gasteiger partial charge in [-0.25, -0.2) is 0 Å². The third kappa shape index (κ3) is 6.06. The molecule has 2 aromatic carbocycles. The summed E-state index contributed by atoms with van der Waals surface area (Å²) in [5, 5.41) is 4.22. The van der Waals surface area contributed by atoms with Crippen LogP contribution in [0.5, 0.6) is 11.5 Å². The van der Waals surface area contributed by atoms with Gasteiger partial charge in [0.25, 0.3) is 5.91 Å². The van der Waals surface area contributed by atoms with Gasteiger partial charge in [-0.1, -0.05) is 17.7 Å². The van der Waals surface area contributed by atoms with Crippen LogP contribution < -0.4 is 10.1 Å². The van der Waals surface area contributed by atoms with Gasteiger partial charge in [-0.3, -0.25) is 14.6 Å². The largest absolute Gasteiger partial charge is 0.457 e. The average molecular weight is 483 g/mol. The van der Waals surface area contributed by atoms with E-state index in [4.69, 9.17) is 16.3 Å². The van der Waals surface area contributed by atoms with Crippen molar-refractivity contribution in [2.75, 3.05) is 18.6 Å². The Bertz CT molecular complexity index is 1190. The van der Waals surface area contributed by atoms with Crippen LogP contribution in [0.2, 0.25) is 5.02 Å². The number of pyridine rings is 1. The molecule has 1 N–H and O–H groups in total. The third-order valence-corrected chi connectivity index (χ3v) is 6.70. The number of amides is 1. The van der Waals surface area contributed by atoms with Gasteiger partial charge in [-0.2, -0.15) is 11.8 Å². The number of ketones is 1. The van der Waals surface area contributed by atoms with E-state index in [-0.39, 0.29) is 11.7 Å². The highest BCUT2D eigenvalue weighted by molar-refractivity contribution is 7.98. The lowest BCUT2D eigenvalue weighted by atomic mass is 10.0. The molecular formula is C26H27ClN2O3S. The van der Waals surface area contributed by atoms with Crippen LogP contribution in [0.15, 0.2) is 42.6 Å². The van der Waals surface area contributed by atoms with Crippen LogP contribution in [-0.4, -0.2) is 35.2 Å². The molecule has 0 spiro atoms. The molecule has 0 radical (unpaired) electrons. The average Bonchev–Trinajstić information content (AvgIpc) is 3.59. The summed E-state index contributed by atoms with van der Waals surface area (Å²) in [6.07, 6.45) is 7.00. The number of hydrogen-bond acceptors (Lipinski definition) is 5. The highest BCUT2D eigenvalue weighted by Crippen LogP contribution is 2.35. The summed E-state index contributed by atoms with van der Waals surface area (Å²) < 4.78 is 6.14. The molecule has 1 heterocycles. The smallest absolute Gasteiger partial charge is 0.251 e. The lowest BCUT2D eigenvalue weighted by Gasteiger charge is -2.13. The van der Waals surface area contributed by atoms with Crippen LogP contribution in [0.1, 0.15) is 40.7 Å². The van der Waals surface area contributed by atoms with Crippen molar-refractivity contribution in [3.63, 3.8) is 0 Å². The minimum atomic E-state index is -0.110. The minimum absolute atomic E-state index is 0.110. The molecule has 33 heavy (non-hydrogen) atoms. The number of benzene rings is 2. The number of Topliss-reactive ketones (excluding diaryl/α,β-unsaturated/α-hetero) is 1. The molecule has 0 atom stereocenters. The zero-order chi connectivity index (χ0) is 23.4. The van der Waals surface area contributed by atoms with Gasteiger partial charge in [0.05, 0.1) is 5.52 Å². The Morgan fingerprint density at radius 1 is 1.21 bits per heavy atom. The van der Waals surface area contributed by atoms with Gasteiger partial charge in [-0.05, 0) is 73.4 Å². The first-order valence-corrected chi connectivity index (χ1v) is 12.9. The Morgan fingerprint density at radius 3 is 2.76 bits per heavy atom. The summed E-state index contributed by atoms with van der Waals surface area (Å²) in [4.78, 5) is 29.3. The first kappa shape index (κ1) is 23.6. The SMILES string of the molecule is CSCCNC(=O)c1cc2c(Oc3ccc(CC(=O)CC4CC4)c(Cl)c3)ccnc2cc1C. The topological polar surface area (TPSA) is 68.3 Å². The van der Waals surface area contributed by atoms with Gasteiger partial charge in [0, 0.05) is 47.3 Å². The second-order valence-corrected chi connectivity index (χ2v) is 9.85. The van der Waals surface area contributed by atoms with Gasteiger partial charge in [-0.15, -0.1) is 0 Å². The van der Waals surface area contributed by atoms with E-state index in [0.29, 0.717) is 47.4 Å². The number of nitrogens with one attached hydrogen (secondary N) is 1. The van der Waals surface area contributed by atoms with Crippen molar-refractivity contribution in [1.82, 2.24) is 10.3 Å². The van der Waals surface area contributed by atoms with E-state index in [9.17, 15) is 9.59 Å². The number of nitrogens with zero attached hydrogens (tertiary/aromatic N) is 1. The number of rotatable bonds is 10. The molecule has 1 amide bonds. The number of thioether (sulfide) groups is 1. The fourth-order valence-electron chi connectivity index (χ4n) is 3.76. The maximum atomic E-state index is 12.7. The lowest BCUT2D eigenvalue weighted by molar-refractivity contribution is -0.118. The zero-order valence-electron chi connectivity index (χ0n) is 18.8. The number of fused-ring (bicyclic) bond motifs is 1. The van der Waals surface area contributed by atoms with E-state index >= 15 is 0 Å². The minimum Gasteiger partial charge on any atom is -0.457 e. The normalized spacial score (nSPS) is 13.2. The van der Waals surface area contributed by atoms with Crippen LogP contribution in [-0.2, 0) is 11.2 Å². The maximum absolute atomic E-state index is 12.7. The summed E-state index contributed by atoms with van der Waals surface area (Å²) >= 11 is 8.14. The second-order valence-electron chi connectivity index (χ2n) is 8.46. The molecule has 1 fully saturated rings. The molecule has 1 aliphatic rings. The number of carbonyl (C=O) groups excluding carboxylic acids is 2. The molecule has 7 heteroatoms. The van der Waals surface area contributed by atoms with Crippen LogP contribution >= 0.6 is 23.4 Å². The van der Waals surface area contributed by atoms with Crippen LogP contribution in [0, 0.1) is 12.8 Å². The summed E-state index contributed by atoms with van der Waals surface area (Å²) in [5.41, 5.74) is 3.02. The number of ether oxygens (including phenoxy) is 1. The van der Waals surface area contributed by atoms with E-state index in [2.05, 4.69) is 10.3 Å². The molecule has 5 nitrogen and oxygen atoms in total. The molecule has 1 saturated carbocycles. The summed E-state index contributed by atoms with van der Waals surface area (Å²) in [5.74, 6) is 2.70. The van der Waals surface area contributed by atoms with E-state index in [0.717, 1.165) is 40.6 Å². The van der Waals surface area contributed by atoms with Gasteiger partial charge in [0.15, 0.2) is 0 Å². The standard InChI is InChI=1S/C26H27ClN2O3S/c1-16-11-24-22(15-21(16)26(31)29-9-10-33-2)25(7-8-28-24)32-20-6-5-18(23(27)14-20)13-19(30)12-17-3-4-17/h5-8,11,14-15,17H,3-4,9-10,12-13H2,1-2H3,(H,29,31). The number of carbonyl (C=O) groups is 2. The first-order valence-electron chi connectivity index (χ1n) is 11.1. The fraction of sp³-hybridized carbons (Fsp3) is 0.346. The van der Waals surface area contributed by atoms with Crippen molar-refractivity contribution in [2.45, 2.75) is 32.6 Å². The first-order chi connectivity index (χ1) is 15.9. The summed E-state index contributed by atoms with van der Waals surface area (Å²) in [6, 6.07) is 10.9. The van der Waals surface area contributed by atoms with Gasteiger partial charge in [0.1, 0.15) is 17.3 Å². The molecule has 0 unspecified atom stereocenters. The van der Waals surface area contributed by atoms with Gasteiger partial charge >= 0.3 is 0 Å². The number of hydrogen-bond donors (Lipinski definition) is 1. The molecule has 4 rings (SSSR count). The molecule has 1 aromatic heterocycles. The summed E-state index contributed by atoms with van der Waals surface area (Å²) in [6.45, 7) is 2.52. The van der Waals surface area contributed by atoms with Crippen molar-refractivity contribution >= 4 is 46.0 Å². The third-order valence-electron chi connectivity index (χ3n) is 5.74. The van der Waals surface area contributed by atoms with E-state index < -0.39 is 0 Å². The van der Waals surface area contributed by atoms with E-state index in [1.807, 2.05) is 37.4 Å². The van der Waals surface area contributed by atoms with Crippen LogP contribution in [0.4, 0.5) is 0 Å². The molecule has 1 aliphatic carbocycles. The predicted octanol–water partition coefficient (Wildman–Crippen LogP) is 5.99. The zero-order valence-corrected chi connectivity index (χ0v) is 20.4. The quantitative estimate of drug-likeness (QED) is 0.359. The van der Waals surface area contributed by atoms with Crippen molar-refractivity contribution in [2.24, 2.45) is 5.92 Å². The maximum Gasteiger partial charge on any atom is 0.251 e. The summed E-state index contributed by atoms with van der Waals surface area (Å²) in [7, 11) is 0. The van der Waals surface area contributed by atoms with Gasteiger partial charge < -0.3 is 10.1 Å². The highest BCUT2D eigenvalue weighted by atomic mass is 35.5.